The molecule has 1 heterocycles. The normalized spacial score (nSPS) is 23.0. The van der Waals surface area contributed by atoms with Crippen molar-refractivity contribution in [2.24, 2.45) is 0 Å². The number of ether oxygens (including phenoxy) is 1. The summed E-state index contributed by atoms with van der Waals surface area (Å²) in [7, 11) is 0. The van der Waals surface area contributed by atoms with E-state index >= 15 is 0 Å². The van der Waals surface area contributed by atoms with Gasteiger partial charge in [-0.15, -0.1) is 0 Å². The van der Waals surface area contributed by atoms with Crippen molar-refractivity contribution in [1.82, 2.24) is 4.90 Å². The number of carbonyl (C=O) groups is 2. The van der Waals surface area contributed by atoms with Gasteiger partial charge in [0.05, 0.1) is 12.7 Å². The van der Waals surface area contributed by atoms with Crippen LogP contribution in [-0.4, -0.2) is 41.1 Å². The van der Waals surface area contributed by atoms with E-state index in [1.165, 1.54) is 0 Å². The summed E-state index contributed by atoms with van der Waals surface area (Å²) < 4.78 is 5.64. The highest BCUT2D eigenvalue weighted by atomic mass is 16.5. The van der Waals surface area contributed by atoms with Gasteiger partial charge in [0.1, 0.15) is 12.3 Å². The first-order chi connectivity index (χ1) is 8.72. The molecule has 0 spiro atoms. The Morgan fingerprint density at radius 1 is 1.44 bits per heavy atom. The zero-order valence-electron chi connectivity index (χ0n) is 9.86. The molecule has 1 aromatic carbocycles. The number of carbonyl (C=O) groups excluding carboxylic acids is 1. The summed E-state index contributed by atoms with van der Waals surface area (Å²) >= 11 is 0. The van der Waals surface area contributed by atoms with Gasteiger partial charge in [0.25, 0.3) is 0 Å². The lowest BCUT2D eigenvalue weighted by Gasteiger charge is -2.20. The molecule has 5 heteroatoms. The van der Waals surface area contributed by atoms with Crippen molar-refractivity contribution in [1.29, 1.82) is 0 Å². The molecule has 5 nitrogen and oxygen atoms in total. The molecule has 1 aromatic rings. The van der Waals surface area contributed by atoms with Gasteiger partial charge < -0.3 is 14.6 Å². The minimum absolute atomic E-state index is 0.345. The van der Waals surface area contributed by atoms with Crippen molar-refractivity contribution >= 4 is 12.4 Å². The summed E-state index contributed by atoms with van der Waals surface area (Å²) in [5, 5.41) is 8.93. The number of amides is 1. The summed E-state index contributed by atoms with van der Waals surface area (Å²) in [5.41, 5.74) is 1.01. The van der Waals surface area contributed by atoms with Gasteiger partial charge in [-0.3, -0.25) is 4.90 Å². The lowest BCUT2D eigenvalue weighted by molar-refractivity contribution is -0.114. The molecule has 1 amide bonds. The molecule has 1 unspecified atom stereocenters. The van der Waals surface area contributed by atoms with Crippen LogP contribution in [0, 0.1) is 0 Å². The SMILES string of the molecule is O=C[C@H]1C(OCc2ccccc2)CCN1C(=O)O. The first kappa shape index (κ1) is 12.6. The van der Waals surface area contributed by atoms with Crippen LogP contribution in [0.2, 0.25) is 0 Å². The Morgan fingerprint density at radius 3 is 2.78 bits per heavy atom. The average molecular weight is 249 g/mol. The van der Waals surface area contributed by atoms with Gasteiger partial charge in [0, 0.05) is 6.54 Å². The zero-order valence-corrected chi connectivity index (χ0v) is 9.86. The number of hydrogen-bond acceptors (Lipinski definition) is 3. The van der Waals surface area contributed by atoms with Crippen LogP contribution >= 0.6 is 0 Å². The molecule has 0 aliphatic carbocycles. The Labute approximate surface area is 105 Å². The maximum absolute atomic E-state index is 11.0. The van der Waals surface area contributed by atoms with E-state index in [1.807, 2.05) is 30.3 Å². The van der Waals surface area contributed by atoms with Gasteiger partial charge in [-0.1, -0.05) is 30.3 Å². The predicted molar refractivity (Wildman–Crippen MR) is 64.2 cm³/mol. The van der Waals surface area contributed by atoms with Crippen LogP contribution in [0.5, 0.6) is 0 Å². The molecule has 1 fully saturated rings. The Hall–Kier alpha value is -1.88. The van der Waals surface area contributed by atoms with Crippen LogP contribution < -0.4 is 0 Å². The first-order valence-corrected chi connectivity index (χ1v) is 5.82. The molecular formula is C13H15NO4. The fourth-order valence-corrected chi connectivity index (χ4v) is 2.13. The monoisotopic (exact) mass is 249 g/mol. The van der Waals surface area contributed by atoms with E-state index in [-0.39, 0.29) is 6.10 Å². The third-order valence-electron chi connectivity index (χ3n) is 3.09. The summed E-state index contributed by atoms with van der Waals surface area (Å²) in [4.78, 5) is 23.0. The van der Waals surface area contributed by atoms with Crippen molar-refractivity contribution in [2.45, 2.75) is 25.2 Å². The Bertz CT molecular complexity index is 420. The number of carboxylic acid groups (broad SMARTS) is 1. The second-order valence-corrected chi connectivity index (χ2v) is 4.23. The van der Waals surface area contributed by atoms with E-state index in [0.717, 1.165) is 10.5 Å². The van der Waals surface area contributed by atoms with Gasteiger partial charge in [0.15, 0.2) is 0 Å². The van der Waals surface area contributed by atoms with Gasteiger partial charge in [-0.25, -0.2) is 4.79 Å². The van der Waals surface area contributed by atoms with Crippen LogP contribution in [0.1, 0.15) is 12.0 Å². The molecule has 0 aromatic heterocycles. The Kier molecular flexibility index (Phi) is 3.94. The molecule has 96 valence electrons. The maximum atomic E-state index is 11.0. The van der Waals surface area contributed by atoms with Crippen LogP contribution in [0.3, 0.4) is 0 Å². The number of aldehydes is 1. The standard InChI is InChI=1S/C13H15NO4/c15-8-11-12(6-7-14(11)13(16)17)18-9-10-4-2-1-3-5-10/h1-5,8,11-12H,6-7,9H2,(H,16,17)/t11-,12?/m0/s1. The highest BCUT2D eigenvalue weighted by molar-refractivity contribution is 5.73. The molecule has 2 atom stereocenters. The topological polar surface area (TPSA) is 66.8 Å². The number of rotatable bonds is 4. The second-order valence-electron chi connectivity index (χ2n) is 4.23. The van der Waals surface area contributed by atoms with E-state index in [2.05, 4.69) is 0 Å². The van der Waals surface area contributed by atoms with Crippen molar-refractivity contribution in [3.05, 3.63) is 35.9 Å². The molecule has 1 aliphatic heterocycles. The molecule has 1 saturated heterocycles. The van der Waals surface area contributed by atoms with Gasteiger partial charge >= 0.3 is 6.09 Å². The fraction of sp³-hybridized carbons (Fsp3) is 0.385. The molecular weight excluding hydrogens is 234 g/mol. The molecule has 0 bridgehead atoms. The number of likely N-dealkylation sites (tertiary alicyclic amines) is 1. The first-order valence-electron chi connectivity index (χ1n) is 5.82. The third kappa shape index (κ3) is 2.68. The highest BCUT2D eigenvalue weighted by Crippen LogP contribution is 2.20. The predicted octanol–water partition coefficient (Wildman–Crippen LogP) is 1.52. The molecule has 2 rings (SSSR count). The number of benzene rings is 1. The average Bonchev–Trinajstić information content (AvgIpc) is 2.80. The van der Waals surface area contributed by atoms with Crippen molar-refractivity contribution in [3.63, 3.8) is 0 Å². The molecule has 0 saturated carbocycles. The Balaban J connectivity index is 1.94. The van der Waals surface area contributed by atoms with E-state index in [0.29, 0.717) is 25.9 Å². The van der Waals surface area contributed by atoms with Gasteiger partial charge in [-0.05, 0) is 12.0 Å². The second kappa shape index (κ2) is 5.64. The maximum Gasteiger partial charge on any atom is 0.407 e. The van der Waals surface area contributed by atoms with Crippen LogP contribution in [0.4, 0.5) is 4.79 Å². The quantitative estimate of drug-likeness (QED) is 0.822. The van der Waals surface area contributed by atoms with Crippen LogP contribution in [-0.2, 0) is 16.1 Å². The molecule has 1 aliphatic rings. The van der Waals surface area contributed by atoms with Crippen molar-refractivity contribution in [2.75, 3.05) is 6.54 Å². The third-order valence-corrected chi connectivity index (χ3v) is 3.09. The smallest absolute Gasteiger partial charge is 0.407 e. The fourth-order valence-electron chi connectivity index (χ4n) is 2.13. The van der Waals surface area contributed by atoms with Crippen molar-refractivity contribution in [3.8, 4) is 0 Å². The van der Waals surface area contributed by atoms with Crippen LogP contribution in [0.25, 0.3) is 0 Å². The minimum atomic E-state index is -1.07. The summed E-state index contributed by atoms with van der Waals surface area (Å²) in [6.07, 6.45) is -0.212. The largest absolute Gasteiger partial charge is 0.465 e. The van der Waals surface area contributed by atoms with E-state index in [9.17, 15) is 9.59 Å². The molecule has 1 N–H and O–H groups in total. The van der Waals surface area contributed by atoms with Gasteiger partial charge in [0.2, 0.25) is 0 Å². The van der Waals surface area contributed by atoms with E-state index in [4.69, 9.17) is 9.84 Å². The zero-order chi connectivity index (χ0) is 13.0. The van der Waals surface area contributed by atoms with Crippen LogP contribution in [0.15, 0.2) is 30.3 Å². The molecule has 18 heavy (non-hydrogen) atoms. The lowest BCUT2D eigenvalue weighted by Crippen LogP contribution is -2.40. The van der Waals surface area contributed by atoms with Crippen molar-refractivity contribution < 1.29 is 19.4 Å². The Morgan fingerprint density at radius 2 is 2.17 bits per heavy atom. The summed E-state index contributed by atoms with van der Waals surface area (Å²) in [6.45, 7) is 0.738. The number of hydrogen-bond donors (Lipinski definition) is 1. The lowest BCUT2D eigenvalue weighted by atomic mass is 10.2. The van der Waals surface area contributed by atoms with Gasteiger partial charge in [-0.2, -0.15) is 0 Å². The summed E-state index contributed by atoms with van der Waals surface area (Å²) in [5.74, 6) is 0. The summed E-state index contributed by atoms with van der Waals surface area (Å²) in [6, 6.07) is 8.91. The minimum Gasteiger partial charge on any atom is -0.465 e. The van der Waals surface area contributed by atoms with E-state index in [1.54, 1.807) is 0 Å². The number of nitrogens with zero attached hydrogens (tertiary/aromatic N) is 1. The van der Waals surface area contributed by atoms with E-state index < -0.39 is 12.1 Å². The highest BCUT2D eigenvalue weighted by Gasteiger charge is 2.37. The molecule has 0 radical (unpaired) electrons.